The van der Waals surface area contributed by atoms with Crippen LogP contribution in [0, 0.1) is 0 Å². The lowest BCUT2D eigenvalue weighted by Gasteiger charge is -2.34. The molecule has 0 spiro atoms. The van der Waals surface area contributed by atoms with Crippen molar-refractivity contribution in [3.05, 3.63) is 0 Å². The van der Waals surface area contributed by atoms with Gasteiger partial charge in [0.2, 0.25) is 0 Å². The Kier molecular flexibility index (Phi) is 5.05. The first-order valence-corrected chi connectivity index (χ1v) is 7.87. The van der Waals surface area contributed by atoms with Crippen LogP contribution in [-0.4, -0.2) is 42.2 Å². The third-order valence-electron chi connectivity index (χ3n) is 4.87. The smallest absolute Gasteiger partial charge is 0.0447 e. The van der Waals surface area contributed by atoms with Crippen LogP contribution >= 0.6 is 0 Å². The first-order chi connectivity index (χ1) is 8.65. The van der Waals surface area contributed by atoms with Crippen molar-refractivity contribution < 1.29 is 0 Å². The highest BCUT2D eigenvalue weighted by Crippen LogP contribution is 2.26. The normalized spacial score (nSPS) is 32.0. The van der Waals surface area contributed by atoms with Gasteiger partial charge in [0.25, 0.3) is 0 Å². The molecule has 0 aromatic rings. The van der Waals surface area contributed by atoms with E-state index in [4.69, 9.17) is 5.73 Å². The van der Waals surface area contributed by atoms with E-state index >= 15 is 0 Å². The van der Waals surface area contributed by atoms with Gasteiger partial charge in [-0.25, -0.2) is 0 Å². The molecule has 0 bridgehead atoms. The lowest BCUT2D eigenvalue weighted by molar-refractivity contribution is 0.226. The zero-order valence-electron chi connectivity index (χ0n) is 12.3. The Hall–Kier alpha value is -0.120. The van der Waals surface area contributed by atoms with Crippen LogP contribution in [0.25, 0.3) is 0 Å². The van der Waals surface area contributed by atoms with Gasteiger partial charge in [-0.05, 0) is 33.1 Å². The zero-order valence-corrected chi connectivity index (χ0v) is 12.3. The maximum absolute atomic E-state index is 6.10. The second kappa shape index (κ2) is 6.36. The van der Waals surface area contributed by atoms with Crippen LogP contribution in [0.2, 0.25) is 0 Å². The summed E-state index contributed by atoms with van der Waals surface area (Å²) < 4.78 is 0. The first-order valence-electron chi connectivity index (χ1n) is 7.87. The van der Waals surface area contributed by atoms with Crippen LogP contribution in [0.3, 0.4) is 0 Å². The van der Waals surface area contributed by atoms with Gasteiger partial charge >= 0.3 is 0 Å². The molecule has 3 heteroatoms. The van der Waals surface area contributed by atoms with Gasteiger partial charge in [0.15, 0.2) is 0 Å². The number of hydrogen-bond acceptors (Lipinski definition) is 3. The monoisotopic (exact) mass is 253 g/mol. The van der Waals surface area contributed by atoms with Crippen molar-refractivity contribution in [1.29, 1.82) is 0 Å². The second-order valence-electron chi connectivity index (χ2n) is 6.63. The predicted octanol–water partition coefficient (Wildman–Crippen LogP) is 2.11. The number of nitrogens with zero attached hydrogens (tertiary/aromatic N) is 1. The van der Waals surface area contributed by atoms with Gasteiger partial charge in [0, 0.05) is 37.3 Å². The predicted molar refractivity (Wildman–Crippen MR) is 77.7 cm³/mol. The molecule has 0 amide bonds. The summed E-state index contributed by atoms with van der Waals surface area (Å²) in [4.78, 5) is 2.57. The Balaban J connectivity index is 1.92. The Bertz CT molecular complexity index is 246. The maximum atomic E-state index is 6.10. The van der Waals surface area contributed by atoms with Gasteiger partial charge in [-0.2, -0.15) is 0 Å². The van der Waals surface area contributed by atoms with Crippen LogP contribution in [0.4, 0.5) is 0 Å². The van der Waals surface area contributed by atoms with Crippen LogP contribution in [-0.2, 0) is 0 Å². The van der Waals surface area contributed by atoms with Crippen molar-refractivity contribution >= 4 is 0 Å². The van der Waals surface area contributed by atoms with Crippen molar-refractivity contribution in [1.82, 2.24) is 10.2 Å². The Morgan fingerprint density at radius 3 is 2.39 bits per heavy atom. The fourth-order valence-corrected chi connectivity index (χ4v) is 3.55. The third kappa shape index (κ3) is 3.46. The quantitative estimate of drug-likeness (QED) is 0.754. The van der Waals surface area contributed by atoms with Crippen molar-refractivity contribution in [3.8, 4) is 0 Å². The summed E-state index contributed by atoms with van der Waals surface area (Å²) in [5.41, 5.74) is 6.29. The molecule has 1 saturated heterocycles. The highest BCUT2D eigenvalue weighted by atomic mass is 15.2. The molecule has 2 fully saturated rings. The van der Waals surface area contributed by atoms with E-state index < -0.39 is 0 Å². The van der Waals surface area contributed by atoms with E-state index in [1.54, 1.807) is 0 Å². The first kappa shape index (κ1) is 14.3. The van der Waals surface area contributed by atoms with Gasteiger partial charge in [0.05, 0.1) is 0 Å². The molecular formula is C15H31N3. The molecule has 3 N–H and O–H groups in total. The van der Waals surface area contributed by atoms with Crippen molar-refractivity contribution in [2.45, 2.75) is 76.4 Å². The molecule has 3 nitrogen and oxygen atoms in total. The molecule has 1 atom stereocenters. The standard InChI is InChI=1S/C15H31N3/c1-13(2)18-10-9-15(11-16,12-18)17-14-7-5-3-4-6-8-14/h13-14,17H,3-12,16H2,1-2H3. The minimum Gasteiger partial charge on any atom is -0.329 e. The molecule has 1 aliphatic heterocycles. The largest absolute Gasteiger partial charge is 0.329 e. The fraction of sp³-hybridized carbons (Fsp3) is 1.00. The van der Waals surface area contributed by atoms with E-state index in [2.05, 4.69) is 24.1 Å². The van der Waals surface area contributed by atoms with Gasteiger partial charge in [0.1, 0.15) is 0 Å². The van der Waals surface area contributed by atoms with E-state index in [9.17, 15) is 0 Å². The molecule has 0 aromatic heterocycles. The lowest BCUT2D eigenvalue weighted by atomic mass is 9.95. The average Bonchev–Trinajstić information content (AvgIpc) is 2.62. The van der Waals surface area contributed by atoms with Crippen LogP contribution in [0.5, 0.6) is 0 Å². The minimum absolute atomic E-state index is 0.194. The topological polar surface area (TPSA) is 41.3 Å². The van der Waals surface area contributed by atoms with Crippen molar-refractivity contribution in [2.75, 3.05) is 19.6 Å². The molecule has 1 heterocycles. The fourth-order valence-electron chi connectivity index (χ4n) is 3.55. The van der Waals surface area contributed by atoms with Crippen LogP contribution in [0.1, 0.15) is 58.8 Å². The molecule has 18 heavy (non-hydrogen) atoms. The third-order valence-corrected chi connectivity index (χ3v) is 4.87. The van der Waals surface area contributed by atoms with E-state index in [-0.39, 0.29) is 5.54 Å². The average molecular weight is 253 g/mol. The molecule has 0 radical (unpaired) electrons. The Labute approximate surface area is 112 Å². The summed E-state index contributed by atoms with van der Waals surface area (Å²) in [5.74, 6) is 0. The molecule has 1 unspecified atom stereocenters. The van der Waals surface area contributed by atoms with E-state index in [0.717, 1.165) is 13.1 Å². The number of nitrogens with one attached hydrogen (secondary N) is 1. The van der Waals surface area contributed by atoms with Crippen LogP contribution in [0.15, 0.2) is 0 Å². The number of rotatable bonds is 4. The second-order valence-corrected chi connectivity index (χ2v) is 6.63. The summed E-state index contributed by atoms with van der Waals surface area (Å²) in [7, 11) is 0. The highest BCUT2D eigenvalue weighted by molar-refractivity contribution is 5.00. The molecule has 2 aliphatic rings. The SMILES string of the molecule is CC(C)N1CCC(CN)(NC2CCCCCC2)C1. The number of hydrogen-bond donors (Lipinski definition) is 2. The summed E-state index contributed by atoms with van der Waals surface area (Å²) >= 11 is 0. The molecule has 106 valence electrons. The van der Waals surface area contributed by atoms with Crippen LogP contribution < -0.4 is 11.1 Å². The van der Waals surface area contributed by atoms with Crippen molar-refractivity contribution in [3.63, 3.8) is 0 Å². The van der Waals surface area contributed by atoms with Gasteiger partial charge in [-0.3, -0.25) is 4.90 Å². The molecular weight excluding hydrogens is 222 g/mol. The highest BCUT2D eigenvalue weighted by Gasteiger charge is 2.38. The summed E-state index contributed by atoms with van der Waals surface area (Å²) in [6.07, 6.45) is 9.56. The van der Waals surface area contributed by atoms with Gasteiger partial charge in [-0.15, -0.1) is 0 Å². The Morgan fingerprint density at radius 1 is 1.22 bits per heavy atom. The molecule has 1 saturated carbocycles. The van der Waals surface area contributed by atoms with E-state index in [1.807, 2.05) is 0 Å². The maximum Gasteiger partial charge on any atom is 0.0447 e. The number of nitrogens with two attached hydrogens (primary N) is 1. The number of likely N-dealkylation sites (tertiary alicyclic amines) is 1. The van der Waals surface area contributed by atoms with Crippen molar-refractivity contribution in [2.24, 2.45) is 5.73 Å². The summed E-state index contributed by atoms with van der Waals surface area (Å²) in [6, 6.07) is 1.36. The molecule has 2 rings (SSSR count). The minimum atomic E-state index is 0.194. The molecule has 0 aromatic carbocycles. The van der Waals surface area contributed by atoms with E-state index in [1.165, 1.54) is 51.5 Å². The summed E-state index contributed by atoms with van der Waals surface area (Å²) in [6.45, 7) is 7.70. The van der Waals surface area contributed by atoms with E-state index in [0.29, 0.717) is 12.1 Å². The summed E-state index contributed by atoms with van der Waals surface area (Å²) in [5, 5.41) is 3.94. The van der Waals surface area contributed by atoms with Gasteiger partial charge < -0.3 is 11.1 Å². The Morgan fingerprint density at radius 2 is 1.89 bits per heavy atom. The molecule has 1 aliphatic carbocycles. The lowest BCUT2D eigenvalue weighted by Crippen LogP contribution is -2.57. The van der Waals surface area contributed by atoms with Gasteiger partial charge in [-0.1, -0.05) is 25.7 Å². The zero-order chi connectivity index (χ0) is 13.0.